The van der Waals surface area contributed by atoms with E-state index in [1.165, 1.54) is 0 Å². The predicted molar refractivity (Wildman–Crippen MR) is 67.7 cm³/mol. The van der Waals surface area contributed by atoms with Gasteiger partial charge in [-0.05, 0) is 26.7 Å². The van der Waals surface area contributed by atoms with Gasteiger partial charge >= 0.3 is 0 Å². The third kappa shape index (κ3) is 5.61. The normalized spacial score (nSPS) is 13.4. The number of nitrogens with zero attached hydrogens (tertiary/aromatic N) is 1. The van der Waals surface area contributed by atoms with Crippen molar-refractivity contribution in [3.63, 3.8) is 0 Å². The first-order valence-corrected chi connectivity index (χ1v) is 6.30. The van der Waals surface area contributed by atoms with Gasteiger partial charge in [-0.2, -0.15) is 0 Å². The van der Waals surface area contributed by atoms with Crippen LogP contribution in [0.25, 0.3) is 0 Å². The summed E-state index contributed by atoms with van der Waals surface area (Å²) in [6.07, 6.45) is 2.89. The van der Waals surface area contributed by atoms with E-state index in [9.17, 15) is 4.79 Å². The van der Waals surface area contributed by atoms with Crippen LogP contribution in [-0.2, 0) is 9.53 Å². The highest BCUT2D eigenvalue weighted by Gasteiger charge is 2.21. The van der Waals surface area contributed by atoms with E-state index in [-0.39, 0.29) is 5.78 Å². The van der Waals surface area contributed by atoms with Crippen LogP contribution in [0.3, 0.4) is 0 Å². The minimum absolute atomic E-state index is 0.265. The fraction of sp³-hybridized carbons (Fsp3) is 0.923. The monoisotopic (exact) mass is 229 g/mol. The van der Waals surface area contributed by atoms with Crippen molar-refractivity contribution in [3.05, 3.63) is 0 Å². The number of methoxy groups -OCH3 is 1. The largest absolute Gasteiger partial charge is 0.383 e. The number of rotatable bonds is 9. The highest BCUT2D eigenvalue weighted by atomic mass is 16.5. The maximum Gasteiger partial charge on any atom is 0.131 e. The topological polar surface area (TPSA) is 29.5 Å². The van der Waals surface area contributed by atoms with Crippen molar-refractivity contribution in [2.75, 3.05) is 20.3 Å². The molecule has 16 heavy (non-hydrogen) atoms. The molecule has 0 saturated carbocycles. The van der Waals surface area contributed by atoms with Crippen molar-refractivity contribution in [1.82, 2.24) is 4.90 Å². The highest BCUT2D eigenvalue weighted by molar-refractivity contribution is 5.76. The number of ether oxygens (including phenoxy) is 1. The number of ketones is 1. The fourth-order valence-corrected chi connectivity index (χ4v) is 2.25. The first kappa shape index (κ1) is 15.6. The Morgan fingerprint density at radius 1 is 1.31 bits per heavy atom. The third-order valence-electron chi connectivity index (χ3n) is 3.11. The predicted octanol–water partition coefficient (Wildman–Crippen LogP) is 2.49. The van der Waals surface area contributed by atoms with E-state index < -0.39 is 0 Å². The molecule has 0 rings (SSSR count). The zero-order valence-corrected chi connectivity index (χ0v) is 11.5. The van der Waals surface area contributed by atoms with Crippen LogP contribution in [0.5, 0.6) is 0 Å². The van der Waals surface area contributed by atoms with Gasteiger partial charge in [0.1, 0.15) is 5.78 Å². The number of carbonyl (C=O) groups excluding carboxylic acids is 1. The average Bonchev–Trinajstić information content (AvgIpc) is 2.23. The summed E-state index contributed by atoms with van der Waals surface area (Å²) in [4.78, 5) is 13.6. The van der Waals surface area contributed by atoms with Gasteiger partial charge in [-0.15, -0.1) is 0 Å². The number of carbonyl (C=O) groups is 1. The maximum atomic E-state index is 11.2. The first-order chi connectivity index (χ1) is 7.56. The van der Waals surface area contributed by atoms with E-state index in [0.29, 0.717) is 18.5 Å². The van der Waals surface area contributed by atoms with E-state index in [0.717, 1.165) is 26.0 Å². The molecule has 0 aromatic carbocycles. The lowest BCUT2D eigenvalue weighted by atomic mass is 10.0. The second-order valence-corrected chi connectivity index (χ2v) is 4.46. The molecule has 0 amide bonds. The van der Waals surface area contributed by atoms with Crippen LogP contribution in [0.15, 0.2) is 0 Å². The molecule has 0 saturated heterocycles. The highest BCUT2D eigenvalue weighted by Crippen LogP contribution is 2.14. The van der Waals surface area contributed by atoms with Crippen molar-refractivity contribution in [1.29, 1.82) is 0 Å². The van der Waals surface area contributed by atoms with Gasteiger partial charge in [-0.1, -0.05) is 13.8 Å². The standard InChI is InChI=1S/C13H27NO2/c1-6-13(7-2)14(8-9-16-5)11(3)10-12(4)15/h11,13H,6-10H2,1-5H3. The van der Waals surface area contributed by atoms with Gasteiger partial charge in [-0.25, -0.2) is 0 Å². The van der Waals surface area contributed by atoms with Gasteiger partial charge in [0.05, 0.1) is 6.61 Å². The number of Topliss-reactive ketones (excluding diaryl/α,β-unsaturated/α-hetero) is 1. The smallest absolute Gasteiger partial charge is 0.131 e. The Morgan fingerprint density at radius 3 is 2.25 bits per heavy atom. The van der Waals surface area contributed by atoms with Crippen molar-refractivity contribution >= 4 is 5.78 Å². The van der Waals surface area contributed by atoms with E-state index in [1.807, 2.05) is 0 Å². The Kier molecular flexibility index (Phi) is 8.49. The summed E-state index contributed by atoms with van der Waals surface area (Å²) in [7, 11) is 1.72. The Labute approximate surface area is 100 Å². The quantitative estimate of drug-likeness (QED) is 0.608. The lowest BCUT2D eigenvalue weighted by Crippen LogP contribution is -2.44. The van der Waals surface area contributed by atoms with Crippen LogP contribution in [0.4, 0.5) is 0 Å². The fourth-order valence-electron chi connectivity index (χ4n) is 2.25. The van der Waals surface area contributed by atoms with Gasteiger partial charge in [0.25, 0.3) is 0 Å². The molecular formula is C13H27NO2. The molecule has 0 aliphatic heterocycles. The second-order valence-electron chi connectivity index (χ2n) is 4.46. The van der Waals surface area contributed by atoms with Crippen LogP contribution in [0.1, 0.15) is 47.0 Å². The molecule has 0 aromatic heterocycles. The molecule has 0 fully saturated rings. The molecule has 0 aliphatic rings. The molecule has 96 valence electrons. The Hall–Kier alpha value is -0.410. The van der Waals surface area contributed by atoms with E-state index in [2.05, 4.69) is 25.7 Å². The zero-order chi connectivity index (χ0) is 12.6. The molecule has 0 spiro atoms. The average molecular weight is 229 g/mol. The summed E-state index contributed by atoms with van der Waals surface area (Å²) < 4.78 is 5.14. The summed E-state index contributed by atoms with van der Waals surface area (Å²) in [6, 6.07) is 0.877. The molecular weight excluding hydrogens is 202 g/mol. The maximum absolute atomic E-state index is 11.2. The van der Waals surface area contributed by atoms with Crippen molar-refractivity contribution < 1.29 is 9.53 Å². The number of hydrogen-bond acceptors (Lipinski definition) is 3. The zero-order valence-electron chi connectivity index (χ0n) is 11.5. The second kappa shape index (κ2) is 8.71. The van der Waals surface area contributed by atoms with E-state index in [1.54, 1.807) is 14.0 Å². The van der Waals surface area contributed by atoms with Crippen LogP contribution in [-0.4, -0.2) is 43.0 Å². The van der Waals surface area contributed by atoms with E-state index >= 15 is 0 Å². The van der Waals surface area contributed by atoms with Crippen LogP contribution in [0.2, 0.25) is 0 Å². The Bertz CT molecular complexity index is 190. The summed E-state index contributed by atoms with van der Waals surface area (Å²) >= 11 is 0. The molecule has 3 heteroatoms. The van der Waals surface area contributed by atoms with Crippen LogP contribution >= 0.6 is 0 Å². The van der Waals surface area contributed by atoms with Gasteiger partial charge in [-0.3, -0.25) is 9.69 Å². The molecule has 0 heterocycles. The molecule has 1 unspecified atom stereocenters. The molecule has 0 bridgehead atoms. The number of hydrogen-bond donors (Lipinski definition) is 0. The summed E-state index contributed by atoms with van der Waals surface area (Å²) in [5.74, 6) is 0.265. The lowest BCUT2D eigenvalue weighted by molar-refractivity contribution is -0.118. The van der Waals surface area contributed by atoms with Crippen LogP contribution in [0, 0.1) is 0 Å². The van der Waals surface area contributed by atoms with Crippen molar-refractivity contribution in [3.8, 4) is 0 Å². The molecule has 0 radical (unpaired) electrons. The summed E-state index contributed by atoms with van der Waals surface area (Å²) in [5, 5.41) is 0. The van der Waals surface area contributed by atoms with E-state index in [4.69, 9.17) is 4.74 Å². The molecule has 0 N–H and O–H groups in total. The third-order valence-corrected chi connectivity index (χ3v) is 3.11. The minimum Gasteiger partial charge on any atom is -0.383 e. The summed E-state index contributed by atoms with van der Waals surface area (Å²) in [6.45, 7) is 9.85. The van der Waals surface area contributed by atoms with Crippen LogP contribution < -0.4 is 0 Å². The molecule has 1 atom stereocenters. The van der Waals surface area contributed by atoms with Gasteiger partial charge in [0.2, 0.25) is 0 Å². The lowest BCUT2D eigenvalue weighted by Gasteiger charge is -2.35. The molecule has 0 aliphatic carbocycles. The first-order valence-electron chi connectivity index (χ1n) is 6.30. The Balaban J connectivity index is 4.43. The van der Waals surface area contributed by atoms with Gasteiger partial charge < -0.3 is 4.74 Å². The molecule has 0 aromatic rings. The SMILES string of the molecule is CCC(CC)N(CCOC)C(C)CC(C)=O. The van der Waals surface area contributed by atoms with Gasteiger partial charge in [0, 0.05) is 32.2 Å². The Morgan fingerprint density at radius 2 is 1.88 bits per heavy atom. The summed E-state index contributed by atoms with van der Waals surface area (Å²) in [5.41, 5.74) is 0. The van der Waals surface area contributed by atoms with Crippen molar-refractivity contribution in [2.45, 2.75) is 59.0 Å². The van der Waals surface area contributed by atoms with Gasteiger partial charge in [0.15, 0.2) is 0 Å². The van der Waals surface area contributed by atoms with Crippen molar-refractivity contribution in [2.24, 2.45) is 0 Å². The minimum atomic E-state index is 0.265. The molecule has 3 nitrogen and oxygen atoms in total.